The van der Waals surface area contributed by atoms with Crippen LogP contribution in [0.2, 0.25) is 0 Å². The maximum absolute atomic E-state index is 11.8. The maximum atomic E-state index is 11.8. The van der Waals surface area contributed by atoms with E-state index in [2.05, 4.69) is 33.0 Å². The summed E-state index contributed by atoms with van der Waals surface area (Å²) in [7, 11) is 0. The summed E-state index contributed by atoms with van der Waals surface area (Å²) in [6, 6.07) is 7.42. The third-order valence-electron chi connectivity index (χ3n) is 3.65. The van der Waals surface area contributed by atoms with Gasteiger partial charge in [0.25, 0.3) is 0 Å². The van der Waals surface area contributed by atoms with Gasteiger partial charge in [0.1, 0.15) is 0 Å². The number of carbonyl (C=O) groups excluding carboxylic acids is 1. The third-order valence-corrected chi connectivity index (χ3v) is 3.65. The van der Waals surface area contributed by atoms with Crippen molar-refractivity contribution in [3.63, 3.8) is 0 Å². The van der Waals surface area contributed by atoms with Crippen LogP contribution in [0.25, 0.3) is 0 Å². The van der Waals surface area contributed by atoms with E-state index in [1.54, 1.807) is 0 Å². The van der Waals surface area contributed by atoms with Crippen LogP contribution in [0.3, 0.4) is 0 Å². The van der Waals surface area contributed by atoms with E-state index in [0.29, 0.717) is 18.9 Å². The van der Waals surface area contributed by atoms with Crippen molar-refractivity contribution in [2.75, 3.05) is 12.3 Å². The van der Waals surface area contributed by atoms with Crippen molar-refractivity contribution in [3.05, 3.63) is 29.8 Å². The first kappa shape index (κ1) is 14.6. The quantitative estimate of drug-likeness (QED) is 0.787. The van der Waals surface area contributed by atoms with E-state index in [4.69, 9.17) is 5.73 Å². The van der Waals surface area contributed by atoms with Gasteiger partial charge in [0.05, 0.1) is 6.42 Å². The Bertz CT molecular complexity index is 393. The van der Waals surface area contributed by atoms with Gasteiger partial charge >= 0.3 is 0 Å². The Balaban J connectivity index is 2.45. The number of nitrogens with two attached hydrogens (primary N) is 1. The SMILES string of the molecule is CC(C)C(C)(C)CNC(=O)Cc1ccc(N)cc1. The lowest BCUT2D eigenvalue weighted by Crippen LogP contribution is -2.37. The molecule has 100 valence electrons. The molecule has 0 heterocycles. The number of rotatable bonds is 5. The van der Waals surface area contributed by atoms with Crippen molar-refractivity contribution < 1.29 is 4.79 Å². The predicted octanol–water partition coefficient (Wildman–Crippen LogP) is 2.61. The van der Waals surface area contributed by atoms with Crippen molar-refractivity contribution in [1.82, 2.24) is 5.32 Å². The molecule has 0 aliphatic carbocycles. The molecular formula is C15H24N2O. The predicted molar refractivity (Wildman–Crippen MR) is 76.2 cm³/mol. The molecule has 0 spiro atoms. The fourth-order valence-corrected chi connectivity index (χ4v) is 1.41. The van der Waals surface area contributed by atoms with Gasteiger partial charge in [-0.2, -0.15) is 0 Å². The standard InChI is InChI=1S/C15H24N2O/c1-11(2)15(3,4)10-17-14(18)9-12-5-7-13(16)8-6-12/h5-8,11H,9-10,16H2,1-4H3,(H,17,18). The van der Waals surface area contributed by atoms with Gasteiger partial charge in [-0.05, 0) is 29.0 Å². The summed E-state index contributed by atoms with van der Waals surface area (Å²) in [4.78, 5) is 11.8. The summed E-state index contributed by atoms with van der Waals surface area (Å²) in [6.45, 7) is 9.39. The van der Waals surface area contributed by atoms with Gasteiger partial charge in [0, 0.05) is 12.2 Å². The lowest BCUT2D eigenvalue weighted by Gasteiger charge is -2.29. The summed E-state index contributed by atoms with van der Waals surface area (Å²) >= 11 is 0. The number of carbonyl (C=O) groups is 1. The zero-order chi connectivity index (χ0) is 13.8. The van der Waals surface area contributed by atoms with E-state index in [1.165, 1.54) is 0 Å². The molecule has 0 fully saturated rings. The second-order valence-electron chi connectivity index (χ2n) is 5.84. The highest BCUT2D eigenvalue weighted by Gasteiger charge is 2.22. The number of benzene rings is 1. The van der Waals surface area contributed by atoms with Gasteiger partial charge < -0.3 is 11.1 Å². The molecule has 18 heavy (non-hydrogen) atoms. The molecule has 0 bridgehead atoms. The van der Waals surface area contributed by atoms with E-state index < -0.39 is 0 Å². The molecule has 0 unspecified atom stereocenters. The van der Waals surface area contributed by atoms with E-state index in [1.807, 2.05) is 24.3 Å². The second-order valence-corrected chi connectivity index (χ2v) is 5.84. The fraction of sp³-hybridized carbons (Fsp3) is 0.533. The van der Waals surface area contributed by atoms with Gasteiger partial charge in [0.15, 0.2) is 0 Å². The van der Waals surface area contributed by atoms with Crippen molar-refractivity contribution in [3.8, 4) is 0 Å². The maximum Gasteiger partial charge on any atom is 0.224 e. The molecule has 0 aliphatic heterocycles. The van der Waals surface area contributed by atoms with Crippen LogP contribution in [0.5, 0.6) is 0 Å². The molecule has 0 radical (unpaired) electrons. The molecule has 3 heteroatoms. The Labute approximate surface area is 110 Å². The van der Waals surface area contributed by atoms with Gasteiger partial charge in [0.2, 0.25) is 5.91 Å². The highest BCUT2D eigenvalue weighted by molar-refractivity contribution is 5.78. The second kappa shape index (κ2) is 5.89. The molecule has 1 rings (SSSR count). The Hall–Kier alpha value is -1.51. The smallest absolute Gasteiger partial charge is 0.224 e. The average Bonchev–Trinajstić information content (AvgIpc) is 2.29. The number of nitrogen functional groups attached to an aromatic ring is 1. The van der Waals surface area contributed by atoms with Crippen molar-refractivity contribution in [2.45, 2.75) is 34.1 Å². The van der Waals surface area contributed by atoms with Crippen molar-refractivity contribution >= 4 is 11.6 Å². The highest BCUT2D eigenvalue weighted by atomic mass is 16.1. The molecule has 0 saturated heterocycles. The molecule has 3 nitrogen and oxygen atoms in total. The Kier molecular flexibility index (Phi) is 4.76. The van der Waals surface area contributed by atoms with Crippen LogP contribution < -0.4 is 11.1 Å². The summed E-state index contributed by atoms with van der Waals surface area (Å²) in [5, 5.41) is 3.00. The number of anilines is 1. The summed E-state index contributed by atoms with van der Waals surface area (Å²) in [5.41, 5.74) is 7.44. The molecule has 0 saturated carbocycles. The summed E-state index contributed by atoms with van der Waals surface area (Å²) < 4.78 is 0. The molecule has 0 atom stereocenters. The monoisotopic (exact) mass is 248 g/mol. The van der Waals surface area contributed by atoms with E-state index in [-0.39, 0.29) is 11.3 Å². The van der Waals surface area contributed by atoms with E-state index in [9.17, 15) is 4.79 Å². The van der Waals surface area contributed by atoms with Crippen LogP contribution in [0.15, 0.2) is 24.3 Å². The number of hydrogen-bond donors (Lipinski definition) is 2. The number of amides is 1. The van der Waals surface area contributed by atoms with Gasteiger partial charge in [-0.3, -0.25) is 4.79 Å². The Morgan fingerprint density at radius 2 is 1.83 bits per heavy atom. The topological polar surface area (TPSA) is 55.1 Å². The molecule has 1 amide bonds. The van der Waals surface area contributed by atoms with Crippen LogP contribution in [-0.4, -0.2) is 12.5 Å². The van der Waals surface area contributed by atoms with Crippen LogP contribution in [0.1, 0.15) is 33.3 Å². The van der Waals surface area contributed by atoms with Gasteiger partial charge in [-0.25, -0.2) is 0 Å². The van der Waals surface area contributed by atoms with Crippen molar-refractivity contribution in [1.29, 1.82) is 0 Å². The molecule has 1 aromatic rings. The third kappa shape index (κ3) is 4.40. The highest BCUT2D eigenvalue weighted by Crippen LogP contribution is 2.24. The first-order valence-corrected chi connectivity index (χ1v) is 6.42. The number of nitrogens with one attached hydrogen (secondary N) is 1. The zero-order valence-electron chi connectivity index (χ0n) is 11.8. The van der Waals surface area contributed by atoms with E-state index in [0.717, 1.165) is 11.3 Å². The normalized spacial score (nSPS) is 11.6. The van der Waals surface area contributed by atoms with Gasteiger partial charge in [-0.1, -0.05) is 39.8 Å². The van der Waals surface area contributed by atoms with Crippen LogP contribution in [0, 0.1) is 11.3 Å². The lowest BCUT2D eigenvalue weighted by atomic mass is 9.81. The van der Waals surface area contributed by atoms with E-state index >= 15 is 0 Å². The van der Waals surface area contributed by atoms with Crippen LogP contribution in [-0.2, 0) is 11.2 Å². The fourth-order valence-electron chi connectivity index (χ4n) is 1.41. The summed E-state index contributed by atoms with van der Waals surface area (Å²) in [5.74, 6) is 0.600. The first-order valence-electron chi connectivity index (χ1n) is 6.42. The Morgan fingerprint density at radius 1 is 1.28 bits per heavy atom. The number of hydrogen-bond acceptors (Lipinski definition) is 2. The van der Waals surface area contributed by atoms with Gasteiger partial charge in [-0.15, -0.1) is 0 Å². The molecular weight excluding hydrogens is 224 g/mol. The first-order chi connectivity index (χ1) is 8.31. The molecule has 1 aromatic carbocycles. The average molecular weight is 248 g/mol. The minimum Gasteiger partial charge on any atom is -0.399 e. The van der Waals surface area contributed by atoms with Crippen molar-refractivity contribution in [2.24, 2.45) is 11.3 Å². The lowest BCUT2D eigenvalue weighted by molar-refractivity contribution is -0.121. The largest absolute Gasteiger partial charge is 0.399 e. The van der Waals surface area contributed by atoms with Crippen LogP contribution >= 0.6 is 0 Å². The molecule has 3 N–H and O–H groups in total. The zero-order valence-corrected chi connectivity index (χ0v) is 11.8. The minimum absolute atomic E-state index is 0.0634. The minimum atomic E-state index is 0.0634. The van der Waals surface area contributed by atoms with Crippen LogP contribution in [0.4, 0.5) is 5.69 Å². The Morgan fingerprint density at radius 3 is 2.33 bits per heavy atom. The molecule has 0 aromatic heterocycles. The summed E-state index contributed by atoms with van der Waals surface area (Å²) in [6.07, 6.45) is 0.411. The molecule has 0 aliphatic rings.